The van der Waals surface area contributed by atoms with E-state index in [-0.39, 0.29) is 30.4 Å². The molecule has 2 aromatic carbocycles. The predicted molar refractivity (Wildman–Crippen MR) is 169 cm³/mol. The summed E-state index contributed by atoms with van der Waals surface area (Å²) in [6, 6.07) is 28.2. The highest BCUT2D eigenvalue weighted by Gasteiger charge is 2.57. The van der Waals surface area contributed by atoms with Gasteiger partial charge in [0.2, 0.25) is 11.8 Å². The van der Waals surface area contributed by atoms with Crippen LogP contribution in [0.3, 0.4) is 0 Å². The van der Waals surface area contributed by atoms with Crippen LogP contribution < -0.4 is 9.64 Å². The van der Waals surface area contributed by atoms with E-state index in [1.54, 1.807) is 12.3 Å². The van der Waals surface area contributed by atoms with Crippen LogP contribution in [0.5, 0.6) is 5.75 Å². The van der Waals surface area contributed by atoms with Crippen molar-refractivity contribution in [2.24, 2.45) is 17.8 Å². The molecule has 4 heterocycles. The molecule has 0 bridgehead atoms. The molecule has 4 atom stereocenters. The van der Waals surface area contributed by atoms with Crippen LogP contribution in [0.25, 0.3) is 11.6 Å². The maximum atomic E-state index is 13.9. The number of ether oxygens (including phenoxy) is 2. The third-order valence-corrected chi connectivity index (χ3v) is 9.00. The fraction of sp³-hybridized carbons (Fsp3) is 0.270. The number of nitrogens with zero attached hydrogens (tertiary/aromatic N) is 2. The van der Waals surface area contributed by atoms with Crippen molar-refractivity contribution in [1.29, 1.82) is 0 Å². The van der Waals surface area contributed by atoms with Crippen LogP contribution in [0.1, 0.15) is 36.5 Å². The quantitative estimate of drug-likeness (QED) is 0.173. The number of rotatable bonds is 10. The lowest BCUT2D eigenvalue weighted by molar-refractivity contribution is -0.122. The van der Waals surface area contributed by atoms with E-state index in [1.807, 2.05) is 91.0 Å². The number of hydrogen-bond donors (Lipinski definition) is 1. The zero-order valence-corrected chi connectivity index (χ0v) is 24.7. The first kappa shape index (κ1) is 29.0. The van der Waals surface area contributed by atoms with Gasteiger partial charge in [-0.15, -0.1) is 0 Å². The monoisotopic (exact) mass is 602 g/mol. The van der Waals surface area contributed by atoms with Gasteiger partial charge < -0.3 is 19.0 Å². The smallest absolute Gasteiger partial charge is 0.238 e. The van der Waals surface area contributed by atoms with Crippen LogP contribution in [0.2, 0.25) is 0 Å². The number of furan rings is 1. The van der Waals surface area contributed by atoms with Crippen LogP contribution in [-0.4, -0.2) is 41.2 Å². The van der Waals surface area contributed by atoms with Crippen LogP contribution in [0.4, 0.5) is 5.69 Å². The topological polar surface area (TPSA) is 102 Å². The van der Waals surface area contributed by atoms with Crippen molar-refractivity contribution in [3.8, 4) is 5.75 Å². The minimum atomic E-state index is -0.469. The van der Waals surface area contributed by atoms with Crippen molar-refractivity contribution in [3.05, 3.63) is 126 Å². The highest BCUT2D eigenvalue weighted by Crippen LogP contribution is 2.50. The molecule has 8 heteroatoms. The highest BCUT2D eigenvalue weighted by molar-refractivity contribution is 6.22. The number of para-hydroxylation sites is 2. The molecule has 2 fully saturated rings. The van der Waals surface area contributed by atoms with E-state index in [2.05, 4.69) is 4.98 Å². The fourth-order valence-corrected chi connectivity index (χ4v) is 6.97. The summed E-state index contributed by atoms with van der Waals surface area (Å²) in [7, 11) is 0. The van der Waals surface area contributed by atoms with E-state index in [0.717, 1.165) is 28.2 Å². The summed E-state index contributed by atoms with van der Waals surface area (Å²) >= 11 is 0. The number of allylic oxidation sites excluding steroid dienone is 1. The normalized spacial score (nSPS) is 23.0. The van der Waals surface area contributed by atoms with Crippen molar-refractivity contribution in [3.63, 3.8) is 0 Å². The van der Waals surface area contributed by atoms with E-state index in [0.29, 0.717) is 49.7 Å². The Labute approximate surface area is 261 Å². The Morgan fingerprint density at radius 1 is 0.933 bits per heavy atom. The Morgan fingerprint density at radius 2 is 1.71 bits per heavy atom. The number of pyridine rings is 1. The first-order valence-electron chi connectivity index (χ1n) is 15.4. The zero-order valence-electron chi connectivity index (χ0n) is 24.7. The summed E-state index contributed by atoms with van der Waals surface area (Å²) in [6.07, 6.45) is 5.22. The average Bonchev–Trinajstić information content (AvgIpc) is 3.79. The van der Waals surface area contributed by atoms with E-state index >= 15 is 0 Å². The van der Waals surface area contributed by atoms with Crippen molar-refractivity contribution in [1.82, 2.24) is 4.98 Å². The third kappa shape index (κ3) is 5.75. The molecule has 2 aliphatic heterocycles. The van der Waals surface area contributed by atoms with E-state index in [1.165, 1.54) is 4.90 Å². The van der Waals surface area contributed by atoms with Crippen molar-refractivity contribution in [2.75, 3.05) is 18.1 Å². The number of anilines is 1. The number of carbonyl (C=O) groups is 2. The largest absolute Gasteiger partial charge is 0.489 e. The van der Waals surface area contributed by atoms with Crippen LogP contribution >= 0.6 is 0 Å². The summed E-state index contributed by atoms with van der Waals surface area (Å²) < 4.78 is 18.5. The lowest BCUT2D eigenvalue weighted by Crippen LogP contribution is -2.35. The molecule has 0 spiro atoms. The van der Waals surface area contributed by atoms with E-state index in [4.69, 9.17) is 13.9 Å². The molecule has 8 nitrogen and oxygen atoms in total. The van der Waals surface area contributed by atoms with Crippen LogP contribution in [0.15, 0.2) is 113 Å². The van der Waals surface area contributed by atoms with Gasteiger partial charge in [-0.2, -0.15) is 0 Å². The summed E-state index contributed by atoms with van der Waals surface area (Å²) in [4.78, 5) is 33.6. The van der Waals surface area contributed by atoms with Gasteiger partial charge in [-0.25, -0.2) is 0 Å². The molecule has 3 aliphatic rings. The minimum Gasteiger partial charge on any atom is -0.489 e. The van der Waals surface area contributed by atoms with E-state index in [9.17, 15) is 14.7 Å². The lowest BCUT2D eigenvalue weighted by atomic mass is 9.69. The number of imide groups is 1. The van der Waals surface area contributed by atoms with Gasteiger partial charge in [0.25, 0.3) is 0 Å². The zero-order chi connectivity index (χ0) is 30.8. The van der Waals surface area contributed by atoms with Gasteiger partial charge in [0.05, 0.1) is 35.9 Å². The Bertz CT molecular complexity index is 1730. The summed E-state index contributed by atoms with van der Waals surface area (Å²) in [5.74, 6) is 0.449. The standard InChI is InChI=1S/C37H34N2O6/c40-21-29-16-15-28(45-29)19-24(32-13-7-8-18-38-32)14-17-33-34-25(22-43-27-11-5-2-6-12-27)20-30-35(31(34)23-44-33)37(42)39(36(30)41)26-9-3-1-4-10-26/h1-13,15-16,18-19,30-31,33,35,40H,14,17,20-23H2/b24-19-/t30-,31+,33-,35-/m1/s1. The number of aliphatic hydroxyl groups is 1. The second-order valence-electron chi connectivity index (χ2n) is 11.7. The second kappa shape index (κ2) is 12.7. The third-order valence-electron chi connectivity index (χ3n) is 9.00. The molecule has 7 rings (SSSR count). The van der Waals surface area contributed by atoms with Crippen molar-refractivity contribution in [2.45, 2.75) is 32.0 Å². The molecule has 1 aliphatic carbocycles. The Morgan fingerprint density at radius 3 is 2.44 bits per heavy atom. The first-order chi connectivity index (χ1) is 22.1. The number of aliphatic hydroxyl groups excluding tert-OH is 1. The summed E-state index contributed by atoms with van der Waals surface area (Å²) in [6.45, 7) is 0.528. The molecule has 2 saturated heterocycles. The number of benzene rings is 2. The Balaban J connectivity index is 1.19. The molecule has 1 N–H and O–H groups in total. The Kier molecular flexibility index (Phi) is 8.15. The molecule has 4 aromatic rings. The molecule has 2 amide bonds. The predicted octanol–water partition coefficient (Wildman–Crippen LogP) is 6.09. The molecule has 45 heavy (non-hydrogen) atoms. The molecule has 0 radical (unpaired) electrons. The number of hydrogen-bond acceptors (Lipinski definition) is 7. The van der Waals surface area contributed by atoms with Gasteiger partial charge in [0, 0.05) is 12.1 Å². The van der Waals surface area contributed by atoms with Gasteiger partial charge in [-0.3, -0.25) is 19.5 Å². The average molecular weight is 603 g/mol. The van der Waals surface area contributed by atoms with Gasteiger partial charge in [0.15, 0.2) is 0 Å². The number of fused-ring (bicyclic) bond motifs is 3. The molecule has 2 aromatic heterocycles. The number of aromatic nitrogens is 1. The number of carbonyl (C=O) groups excluding carboxylic acids is 2. The minimum absolute atomic E-state index is 0.155. The SMILES string of the molecule is O=C1[C@@H]2[C@@H](CC(COc3ccccc3)=C3[C@@H](CC/C(=C/c4ccc(CO)o4)c4ccccn4)OC[C@@H]32)C(=O)N1c1ccccc1. The maximum Gasteiger partial charge on any atom is 0.238 e. The van der Waals surface area contributed by atoms with Crippen molar-refractivity contribution >= 4 is 29.2 Å². The second-order valence-corrected chi connectivity index (χ2v) is 11.7. The van der Waals surface area contributed by atoms with Crippen LogP contribution in [-0.2, 0) is 20.9 Å². The van der Waals surface area contributed by atoms with Gasteiger partial charge in [-0.1, -0.05) is 42.5 Å². The van der Waals surface area contributed by atoms with Gasteiger partial charge in [-0.05, 0) is 90.6 Å². The number of amides is 2. The van der Waals surface area contributed by atoms with Crippen molar-refractivity contribution < 1.29 is 28.6 Å². The lowest BCUT2D eigenvalue weighted by Gasteiger charge is -2.31. The first-order valence-corrected chi connectivity index (χ1v) is 15.4. The van der Waals surface area contributed by atoms with Gasteiger partial charge in [0.1, 0.15) is 30.5 Å². The maximum absolute atomic E-state index is 13.9. The summed E-state index contributed by atoms with van der Waals surface area (Å²) in [5, 5.41) is 9.47. The molecular formula is C37H34N2O6. The van der Waals surface area contributed by atoms with Gasteiger partial charge >= 0.3 is 0 Å². The highest BCUT2D eigenvalue weighted by atomic mass is 16.5. The Hall–Kier alpha value is -4.79. The molecular weight excluding hydrogens is 568 g/mol. The molecule has 0 unspecified atom stereocenters. The molecule has 228 valence electrons. The van der Waals surface area contributed by atoms with E-state index < -0.39 is 11.8 Å². The summed E-state index contributed by atoms with van der Waals surface area (Å²) in [5.41, 5.74) is 4.53. The molecule has 0 saturated carbocycles. The van der Waals surface area contributed by atoms with Crippen LogP contribution in [0, 0.1) is 17.8 Å². The fourth-order valence-electron chi connectivity index (χ4n) is 6.97.